The predicted molar refractivity (Wildman–Crippen MR) is 145 cm³/mol. The summed E-state index contributed by atoms with van der Waals surface area (Å²) in [6.45, 7) is 0. The number of rotatable bonds is 6. The summed E-state index contributed by atoms with van der Waals surface area (Å²) in [6, 6.07) is 27.2. The van der Waals surface area contributed by atoms with Gasteiger partial charge in [-0.2, -0.15) is 0 Å². The molecule has 2 aromatic heterocycles. The Morgan fingerprint density at radius 3 is 2.50 bits per heavy atom. The Balaban J connectivity index is 1.44. The Morgan fingerprint density at radius 1 is 0.944 bits per heavy atom. The molecule has 1 aliphatic rings. The van der Waals surface area contributed by atoms with Crippen LogP contribution in [0.1, 0.15) is 34.7 Å². The van der Waals surface area contributed by atoms with Crippen LogP contribution >= 0.6 is 0 Å². The number of hydrogen-bond donors (Lipinski definition) is 1. The fourth-order valence-corrected chi connectivity index (χ4v) is 4.86. The van der Waals surface area contributed by atoms with E-state index >= 15 is 0 Å². The monoisotopic (exact) mass is 473 g/mol. The van der Waals surface area contributed by atoms with Crippen LogP contribution < -0.4 is 5.32 Å². The van der Waals surface area contributed by atoms with Gasteiger partial charge in [-0.3, -0.25) is 0 Å². The number of aromatic nitrogens is 2. The first-order valence-electron chi connectivity index (χ1n) is 12.2. The molecule has 2 heterocycles. The summed E-state index contributed by atoms with van der Waals surface area (Å²) in [4.78, 5) is 17.2. The molecule has 0 spiro atoms. The van der Waals surface area contributed by atoms with E-state index in [1.807, 2.05) is 18.3 Å². The summed E-state index contributed by atoms with van der Waals surface area (Å²) in [5.74, 6) is 0.619. The Morgan fingerprint density at radius 2 is 1.72 bits per heavy atom. The van der Waals surface area contributed by atoms with E-state index in [1.54, 1.807) is 0 Å². The topological polar surface area (TPSA) is 56.1 Å². The third-order valence-corrected chi connectivity index (χ3v) is 6.88. The lowest BCUT2D eigenvalue weighted by molar-refractivity contribution is 0.0601. The number of benzene rings is 3. The minimum Gasteiger partial charge on any atom is -0.465 e. The van der Waals surface area contributed by atoms with Crippen LogP contribution in [0.25, 0.3) is 33.2 Å². The zero-order valence-electron chi connectivity index (χ0n) is 20.4. The van der Waals surface area contributed by atoms with Crippen molar-refractivity contribution in [1.29, 1.82) is 0 Å². The normalized spacial score (nSPS) is 13.1. The fraction of sp³-hybridized carbons (Fsp3) is 0.161. The standard InChI is InChI=1S/C31H27N3O2/c1-34-14-13-24-16-26(33-30-28(31(35)36-2)17-25(19-32-30)21-11-12-21)18-27(29(24)34)23-10-6-9-22(15-23)20-7-4-3-5-8-20/h3-10,13-19,21H,11-12H2,1-2H3,(H,32,33). The SMILES string of the molecule is COC(=O)c1cc(C2CC2)cnc1Nc1cc(-c2cccc(-c3ccccc3)c2)c2c(ccn2C)c1. The molecule has 5 heteroatoms. The van der Waals surface area contributed by atoms with Gasteiger partial charge in [0, 0.05) is 36.1 Å². The highest BCUT2D eigenvalue weighted by Crippen LogP contribution is 2.41. The van der Waals surface area contributed by atoms with Gasteiger partial charge in [0.1, 0.15) is 11.4 Å². The minimum absolute atomic E-state index is 0.385. The molecule has 1 N–H and O–H groups in total. The summed E-state index contributed by atoms with van der Waals surface area (Å²) in [6.07, 6.45) is 6.23. The number of fused-ring (bicyclic) bond motifs is 1. The number of hydrogen-bond acceptors (Lipinski definition) is 4. The molecule has 3 aromatic carbocycles. The second-order valence-corrected chi connectivity index (χ2v) is 9.39. The molecule has 1 saturated carbocycles. The molecule has 0 bridgehead atoms. The van der Waals surface area contributed by atoms with Gasteiger partial charge in [-0.25, -0.2) is 9.78 Å². The van der Waals surface area contributed by atoms with Crippen LogP contribution in [0.3, 0.4) is 0 Å². The number of nitrogens with zero attached hydrogens (tertiary/aromatic N) is 2. The fourth-order valence-electron chi connectivity index (χ4n) is 4.86. The lowest BCUT2D eigenvalue weighted by Gasteiger charge is -2.15. The minimum atomic E-state index is -0.385. The molecule has 1 fully saturated rings. The van der Waals surface area contributed by atoms with Crippen LogP contribution in [-0.2, 0) is 11.8 Å². The van der Waals surface area contributed by atoms with E-state index in [9.17, 15) is 4.79 Å². The number of ether oxygens (including phenoxy) is 1. The molecule has 36 heavy (non-hydrogen) atoms. The van der Waals surface area contributed by atoms with Crippen LogP contribution in [-0.4, -0.2) is 22.6 Å². The van der Waals surface area contributed by atoms with Gasteiger partial charge in [0.05, 0.1) is 12.6 Å². The van der Waals surface area contributed by atoms with E-state index in [-0.39, 0.29) is 5.97 Å². The van der Waals surface area contributed by atoms with E-state index in [1.165, 1.54) is 18.2 Å². The van der Waals surface area contributed by atoms with Crippen LogP contribution in [0, 0.1) is 0 Å². The maximum absolute atomic E-state index is 12.6. The number of pyridine rings is 1. The first-order valence-corrected chi connectivity index (χ1v) is 12.2. The predicted octanol–water partition coefficient (Wildman–Crippen LogP) is 7.31. The number of carbonyl (C=O) groups excluding carboxylic acids is 1. The van der Waals surface area contributed by atoms with E-state index in [2.05, 4.69) is 94.8 Å². The Labute approximate surface area is 210 Å². The van der Waals surface area contributed by atoms with Gasteiger partial charge in [-0.1, -0.05) is 48.5 Å². The zero-order chi connectivity index (χ0) is 24.6. The van der Waals surface area contributed by atoms with Gasteiger partial charge >= 0.3 is 5.97 Å². The number of nitrogens with one attached hydrogen (secondary N) is 1. The molecular formula is C31H27N3O2. The van der Waals surface area contributed by atoms with Crippen molar-refractivity contribution >= 4 is 28.4 Å². The summed E-state index contributed by atoms with van der Waals surface area (Å²) < 4.78 is 7.21. The number of aryl methyl sites for hydroxylation is 1. The number of carbonyl (C=O) groups is 1. The molecule has 0 radical (unpaired) electrons. The summed E-state index contributed by atoms with van der Waals surface area (Å²) in [5, 5.41) is 4.52. The van der Waals surface area contributed by atoms with Crippen molar-refractivity contribution in [2.75, 3.05) is 12.4 Å². The number of methoxy groups -OCH3 is 1. The molecule has 5 nitrogen and oxygen atoms in total. The van der Waals surface area contributed by atoms with E-state index in [0.29, 0.717) is 17.3 Å². The number of anilines is 2. The highest BCUT2D eigenvalue weighted by molar-refractivity contribution is 6.00. The van der Waals surface area contributed by atoms with Gasteiger partial charge < -0.3 is 14.6 Å². The number of esters is 1. The first-order chi connectivity index (χ1) is 17.6. The summed E-state index contributed by atoms with van der Waals surface area (Å²) in [5.41, 5.74) is 8.15. The van der Waals surface area contributed by atoms with Crippen molar-refractivity contribution in [3.63, 3.8) is 0 Å². The Hall–Kier alpha value is -4.38. The zero-order valence-corrected chi connectivity index (χ0v) is 20.4. The average molecular weight is 474 g/mol. The highest BCUT2D eigenvalue weighted by Gasteiger charge is 2.26. The smallest absolute Gasteiger partial charge is 0.341 e. The highest BCUT2D eigenvalue weighted by atomic mass is 16.5. The molecule has 1 aliphatic carbocycles. The molecule has 0 unspecified atom stereocenters. The average Bonchev–Trinajstić information content (AvgIpc) is 3.71. The van der Waals surface area contributed by atoms with Gasteiger partial charge in [0.2, 0.25) is 0 Å². The first kappa shape index (κ1) is 22.1. The Kier molecular flexibility index (Phi) is 5.53. The Bertz CT molecular complexity index is 1580. The molecule has 0 amide bonds. The van der Waals surface area contributed by atoms with Crippen molar-refractivity contribution in [2.45, 2.75) is 18.8 Å². The molecular weight excluding hydrogens is 446 g/mol. The molecule has 178 valence electrons. The van der Waals surface area contributed by atoms with Crippen molar-refractivity contribution in [1.82, 2.24) is 9.55 Å². The van der Waals surface area contributed by atoms with Crippen molar-refractivity contribution in [2.24, 2.45) is 7.05 Å². The summed E-state index contributed by atoms with van der Waals surface area (Å²) >= 11 is 0. The van der Waals surface area contributed by atoms with Gasteiger partial charge in [0.25, 0.3) is 0 Å². The van der Waals surface area contributed by atoms with Crippen LogP contribution in [0.5, 0.6) is 0 Å². The largest absolute Gasteiger partial charge is 0.465 e. The van der Waals surface area contributed by atoms with Gasteiger partial charge in [-0.15, -0.1) is 0 Å². The maximum atomic E-state index is 12.6. The molecule has 6 rings (SSSR count). The molecule has 0 aliphatic heterocycles. The third-order valence-electron chi connectivity index (χ3n) is 6.88. The van der Waals surface area contributed by atoms with Gasteiger partial charge in [0.15, 0.2) is 0 Å². The molecule has 0 saturated heterocycles. The van der Waals surface area contributed by atoms with Crippen molar-refractivity contribution in [3.05, 3.63) is 102 Å². The lowest BCUT2D eigenvalue weighted by Crippen LogP contribution is -2.08. The summed E-state index contributed by atoms with van der Waals surface area (Å²) in [7, 11) is 3.47. The lowest BCUT2D eigenvalue weighted by atomic mass is 9.97. The van der Waals surface area contributed by atoms with Crippen molar-refractivity contribution < 1.29 is 9.53 Å². The van der Waals surface area contributed by atoms with Crippen LogP contribution in [0.15, 0.2) is 91.3 Å². The molecule has 5 aromatic rings. The van der Waals surface area contributed by atoms with E-state index < -0.39 is 0 Å². The second-order valence-electron chi connectivity index (χ2n) is 9.39. The van der Waals surface area contributed by atoms with Crippen LogP contribution in [0.4, 0.5) is 11.5 Å². The quantitative estimate of drug-likeness (QED) is 0.263. The maximum Gasteiger partial charge on any atom is 0.341 e. The van der Waals surface area contributed by atoms with Crippen LogP contribution in [0.2, 0.25) is 0 Å². The van der Waals surface area contributed by atoms with Gasteiger partial charge in [-0.05, 0) is 71.3 Å². The second kappa shape index (κ2) is 9.00. The van der Waals surface area contributed by atoms with Crippen molar-refractivity contribution in [3.8, 4) is 22.3 Å². The third kappa shape index (κ3) is 4.13. The molecule has 0 atom stereocenters. The van der Waals surface area contributed by atoms with E-state index in [4.69, 9.17) is 4.74 Å². The van der Waals surface area contributed by atoms with E-state index in [0.717, 1.165) is 46.1 Å².